The number of hydrogen-bond acceptors (Lipinski definition) is 6. The number of Topliss-reactive ketones (excluding diaryl/α,β-unsaturated/α-hetero) is 1. The Morgan fingerprint density at radius 3 is 2.52 bits per heavy atom. The van der Waals surface area contributed by atoms with Gasteiger partial charge < -0.3 is 9.47 Å². The lowest BCUT2D eigenvalue weighted by Crippen LogP contribution is -2.46. The van der Waals surface area contributed by atoms with E-state index in [1.165, 1.54) is 29.2 Å². The first-order valence-corrected chi connectivity index (χ1v) is 10.4. The molecule has 4 unspecified atom stereocenters. The standard InChI is InChI=1S/C23H19FN2O5/c24-13-5-3-12(4-6-13)21(27)20-19-18(15-2-1-9-25(15)20)22(28)26(23(19)29)14-7-8-16-17(10-14)31-11-30-16/h3-8,10,15,18-20H,1-2,9,11H2. The highest BCUT2D eigenvalue weighted by molar-refractivity contribution is 6.24. The molecule has 7 nitrogen and oxygen atoms in total. The van der Waals surface area contributed by atoms with Crippen LogP contribution in [0.5, 0.6) is 11.5 Å². The summed E-state index contributed by atoms with van der Waals surface area (Å²) in [7, 11) is 0. The molecule has 4 atom stereocenters. The molecule has 2 aromatic carbocycles. The van der Waals surface area contributed by atoms with Crippen LogP contribution in [0.2, 0.25) is 0 Å². The van der Waals surface area contributed by atoms with Crippen molar-refractivity contribution in [2.45, 2.75) is 24.9 Å². The van der Waals surface area contributed by atoms with Crippen molar-refractivity contribution in [2.24, 2.45) is 11.8 Å². The fourth-order valence-electron chi connectivity index (χ4n) is 5.58. The van der Waals surface area contributed by atoms with Crippen LogP contribution >= 0.6 is 0 Å². The number of benzene rings is 2. The van der Waals surface area contributed by atoms with E-state index in [4.69, 9.17) is 9.47 Å². The van der Waals surface area contributed by atoms with Crippen LogP contribution in [-0.4, -0.2) is 47.9 Å². The zero-order valence-electron chi connectivity index (χ0n) is 16.5. The number of carbonyl (C=O) groups is 3. The number of ether oxygens (including phenoxy) is 2. The minimum atomic E-state index is -0.749. The van der Waals surface area contributed by atoms with Gasteiger partial charge in [0.05, 0.1) is 23.6 Å². The highest BCUT2D eigenvalue weighted by atomic mass is 19.1. The Labute approximate surface area is 177 Å². The van der Waals surface area contributed by atoms with E-state index in [1.807, 2.05) is 4.90 Å². The van der Waals surface area contributed by atoms with E-state index in [-0.39, 0.29) is 30.4 Å². The molecule has 0 radical (unpaired) electrons. The molecule has 4 heterocycles. The van der Waals surface area contributed by atoms with Gasteiger partial charge in [0.15, 0.2) is 17.3 Å². The molecule has 0 aliphatic carbocycles. The second-order valence-corrected chi connectivity index (χ2v) is 8.36. The number of rotatable bonds is 3. The van der Waals surface area contributed by atoms with Crippen molar-refractivity contribution in [3.8, 4) is 11.5 Å². The highest BCUT2D eigenvalue weighted by Gasteiger charge is 2.64. The molecule has 0 N–H and O–H groups in total. The first-order chi connectivity index (χ1) is 15.0. The second-order valence-electron chi connectivity index (χ2n) is 8.36. The molecule has 0 aromatic heterocycles. The molecule has 158 valence electrons. The fraction of sp³-hybridized carbons (Fsp3) is 0.348. The number of ketones is 1. The smallest absolute Gasteiger partial charge is 0.239 e. The normalized spacial score (nSPS) is 28.9. The number of anilines is 1. The predicted octanol–water partition coefficient (Wildman–Crippen LogP) is 2.39. The summed E-state index contributed by atoms with van der Waals surface area (Å²) in [5.41, 5.74) is 0.769. The molecule has 3 saturated heterocycles. The van der Waals surface area contributed by atoms with Gasteiger partial charge in [0.2, 0.25) is 18.6 Å². The van der Waals surface area contributed by atoms with Crippen LogP contribution in [-0.2, 0) is 9.59 Å². The van der Waals surface area contributed by atoms with Gasteiger partial charge in [0.25, 0.3) is 0 Å². The summed E-state index contributed by atoms with van der Waals surface area (Å²) in [6.07, 6.45) is 1.63. The number of fused-ring (bicyclic) bond motifs is 4. The van der Waals surface area contributed by atoms with Gasteiger partial charge in [-0.25, -0.2) is 9.29 Å². The maximum atomic E-state index is 13.5. The van der Waals surface area contributed by atoms with E-state index in [0.717, 1.165) is 12.8 Å². The van der Waals surface area contributed by atoms with Crippen LogP contribution in [0, 0.1) is 17.7 Å². The number of halogens is 1. The zero-order valence-corrected chi connectivity index (χ0v) is 16.5. The summed E-state index contributed by atoms with van der Waals surface area (Å²) in [5.74, 6) is -1.58. The van der Waals surface area contributed by atoms with Crippen molar-refractivity contribution in [3.05, 3.63) is 53.8 Å². The summed E-state index contributed by atoms with van der Waals surface area (Å²) in [6.45, 7) is 0.761. The summed E-state index contributed by atoms with van der Waals surface area (Å²) in [6, 6.07) is 9.45. The third kappa shape index (κ3) is 2.57. The maximum Gasteiger partial charge on any atom is 0.239 e. The lowest BCUT2D eigenvalue weighted by molar-refractivity contribution is -0.123. The average molecular weight is 422 g/mol. The average Bonchev–Trinajstić information content (AvgIpc) is 3.51. The van der Waals surface area contributed by atoms with Gasteiger partial charge in [-0.1, -0.05) is 0 Å². The molecule has 4 aliphatic heterocycles. The Kier molecular flexibility index (Phi) is 3.95. The fourth-order valence-corrected chi connectivity index (χ4v) is 5.58. The highest BCUT2D eigenvalue weighted by Crippen LogP contribution is 2.49. The van der Waals surface area contributed by atoms with E-state index < -0.39 is 23.7 Å². The molecule has 31 heavy (non-hydrogen) atoms. The van der Waals surface area contributed by atoms with Crippen molar-refractivity contribution < 1.29 is 28.2 Å². The van der Waals surface area contributed by atoms with E-state index in [0.29, 0.717) is 29.3 Å². The molecule has 2 amide bonds. The van der Waals surface area contributed by atoms with Crippen molar-refractivity contribution >= 4 is 23.3 Å². The molecule has 0 saturated carbocycles. The van der Waals surface area contributed by atoms with Gasteiger partial charge in [-0.3, -0.25) is 19.3 Å². The Morgan fingerprint density at radius 2 is 1.71 bits per heavy atom. The first-order valence-electron chi connectivity index (χ1n) is 10.4. The van der Waals surface area contributed by atoms with Crippen LogP contribution < -0.4 is 14.4 Å². The van der Waals surface area contributed by atoms with E-state index in [9.17, 15) is 18.8 Å². The van der Waals surface area contributed by atoms with Gasteiger partial charge in [0, 0.05) is 17.7 Å². The lowest BCUT2D eigenvalue weighted by atomic mass is 9.85. The van der Waals surface area contributed by atoms with Gasteiger partial charge >= 0.3 is 0 Å². The molecular formula is C23H19FN2O5. The summed E-state index contributed by atoms with van der Waals surface area (Å²) < 4.78 is 24.1. The van der Waals surface area contributed by atoms with E-state index in [2.05, 4.69) is 0 Å². The van der Waals surface area contributed by atoms with Crippen molar-refractivity contribution in [1.29, 1.82) is 0 Å². The van der Waals surface area contributed by atoms with Crippen LogP contribution in [0.3, 0.4) is 0 Å². The maximum absolute atomic E-state index is 13.5. The van der Waals surface area contributed by atoms with Crippen molar-refractivity contribution in [1.82, 2.24) is 4.90 Å². The monoisotopic (exact) mass is 422 g/mol. The Hall–Kier alpha value is -3.26. The number of nitrogens with zero attached hydrogens (tertiary/aromatic N) is 2. The van der Waals surface area contributed by atoms with Crippen molar-refractivity contribution in [3.63, 3.8) is 0 Å². The number of hydrogen-bond donors (Lipinski definition) is 0. The molecule has 4 aliphatic rings. The van der Waals surface area contributed by atoms with Gasteiger partial charge in [-0.15, -0.1) is 0 Å². The van der Waals surface area contributed by atoms with Crippen LogP contribution in [0.15, 0.2) is 42.5 Å². The van der Waals surface area contributed by atoms with E-state index in [1.54, 1.807) is 18.2 Å². The minimum Gasteiger partial charge on any atom is -0.454 e. The number of amides is 2. The molecule has 8 heteroatoms. The van der Waals surface area contributed by atoms with E-state index >= 15 is 0 Å². The molecule has 0 bridgehead atoms. The largest absolute Gasteiger partial charge is 0.454 e. The first kappa shape index (κ1) is 18.5. The Bertz CT molecular complexity index is 1120. The molecular weight excluding hydrogens is 403 g/mol. The topological polar surface area (TPSA) is 76.1 Å². The molecule has 0 spiro atoms. The predicted molar refractivity (Wildman–Crippen MR) is 106 cm³/mol. The van der Waals surface area contributed by atoms with Crippen molar-refractivity contribution in [2.75, 3.05) is 18.2 Å². The second kappa shape index (κ2) is 6.62. The Morgan fingerprint density at radius 1 is 0.968 bits per heavy atom. The SMILES string of the molecule is O=C(c1ccc(F)cc1)C1C2C(=O)N(c3ccc4c(c3)OCO4)C(=O)C2C2CCCN21. The third-order valence-corrected chi connectivity index (χ3v) is 6.86. The molecule has 3 fully saturated rings. The van der Waals surface area contributed by atoms with Gasteiger partial charge in [0.1, 0.15) is 5.82 Å². The third-order valence-electron chi connectivity index (χ3n) is 6.86. The van der Waals surface area contributed by atoms with Crippen LogP contribution in [0.1, 0.15) is 23.2 Å². The van der Waals surface area contributed by atoms with Crippen LogP contribution in [0.25, 0.3) is 0 Å². The van der Waals surface area contributed by atoms with Crippen LogP contribution in [0.4, 0.5) is 10.1 Å². The van der Waals surface area contributed by atoms with Gasteiger partial charge in [-0.2, -0.15) is 0 Å². The van der Waals surface area contributed by atoms with Gasteiger partial charge in [-0.05, 0) is 55.8 Å². The minimum absolute atomic E-state index is 0.0945. The number of imide groups is 1. The Balaban J connectivity index is 1.39. The quantitative estimate of drug-likeness (QED) is 0.559. The summed E-state index contributed by atoms with van der Waals surface area (Å²) in [5, 5.41) is 0. The molecule has 2 aromatic rings. The number of carbonyl (C=O) groups excluding carboxylic acids is 3. The summed E-state index contributed by atoms with van der Waals surface area (Å²) >= 11 is 0. The molecule has 6 rings (SSSR count). The summed E-state index contributed by atoms with van der Waals surface area (Å²) in [4.78, 5) is 43.6. The zero-order chi connectivity index (χ0) is 21.3. The lowest BCUT2D eigenvalue weighted by Gasteiger charge is -2.27.